The van der Waals surface area contributed by atoms with Crippen molar-refractivity contribution in [3.05, 3.63) is 35.9 Å². The highest BCUT2D eigenvalue weighted by Gasteiger charge is 2.42. The van der Waals surface area contributed by atoms with Crippen molar-refractivity contribution in [1.29, 1.82) is 0 Å². The molecule has 0 spiro atoms. The van der Waals surface area contributed by atoms with Gasteiger partial charge in [-0.2, -0.15) is 0 Å². The SMILES string of the molecule is COCC(NN)C1(c2ccccc2)CCCC1. The smallest absolute Gasteiger partial charge is 0.0638 e. The number of hydrogen-bond acceptors (Lipinski definition) is 3. The molecule has 0 amide bonds. The Morgan fingerprint density at radius 3 is 2.47 bits per heavy atom. The second-order valence-electron chi connectivity index (χ2n) is 4.90. The van der Waals surface area contributed by atoms with Crippen molar-refractivity contribution in [3.8, 4) is 0 Å². The molecule has 0 saturated heterocycles. The van der Waals surface area contributed by atoms with Gasteiger partial charge in [-0.1, -0.05) is 43.2 Å². The predicted octanol–water partition coefficient (Wildman–Crippen LogP) is 1.98. The first-order chi connectivity index (χ1) is 8.33. The number of rotatable bonds is 5. The molecule has 3 N–H and O–H groups in total. The molecule has 1 fully saturated rings. The normalized spacial score (nSPS) is 20.4. The van der Waals surface area contributed by atoms with E-state index in [1.54, 1.807) is 7.11 Å². The van der Waals surface area contributed by atoms with E-state index in [-0.39, 0.29) is 11.5 Å². The second-order valence-corrected chi connectivity index (χ2v) is 4.90. The van der Waals surface area contributed by atoms with Crippen molar-refractivity contribution < 1.29 is 4.74 Å². The number of nitrogens with one attached hydrogen (secondary N) is 1. The topological polar surface area (TPSA) is 47.3 Å². The third-order valence-corrected chi connectivity index (χ3v) is 4.05. The number of benzene rings is 1. The monoisotopic (exact) mass is 234 g/mol. The molecular weight excluding hydrogens is 212 g/mol. The molecule has 1 aromatic rings. The molecule has 0 radical (unpaired) electrons. The van der Waals surface area contributed by atoms with Gasteiger partial charge in [0.15, 0.2) is 0 Å². The van der Waals surface area contributed by atoms with Crippen LogP contribution in [0.2, 0.25) is 0 Å². The van der Waals surface area contributed by atoms with Gasteiger partial charge in [0.05, 0.1) is 12.6 Å². The zero-order chi connectivity index (χ0) is 12.1. The summed E-state index contributed by atoms with van der Waals surface area (Å²) in [5.74, 6) is 5.73. The summed E-state index contributed by atoms with van der Waals surface area (Å²) in [5.41, 5.74) is 4.49. The van der Waals surface area contributed by atoms with E-state index in [4.69, 9.17) is 10.6 Å². The van der Waals surface area contributed by atoms with Crippen LogP contribution in [0.4, 0.5) is 0 Å². The van der Waals surface area contributed by atoms with E-state index in [0.717, 1.165) is 0 Å². The lowest BCUT2D eigenvalue weighted by Crippen LogP contribution is -2.52. The van der Waals surface area contributed by atoms with E-state index in [0.29, 0.717) is 6.61 Å². The van der Waals surface area contributed by atoms with Crippen molar-refractivity contribution in [2.24, 2.45) is 5.84 Å². The lowest BCUT2D eigenvalue weighted by molar-refractivity contribution is 0.125. The van der Waals surface area contributed by atoms with E-state index >= 15 is 0 Å². The molecule has 1 atom stereocenters. The third kappa shape index (κ3) is 2.37. The van der Waals surface area contributed by atoms with Gasteiger partial charge in [-0.25, -0.2) is 0 Å². The van der Waals surface area contributed by atoms with Gasteiger partial charge in [0, 0.05) is 12.5 Å². The zero-order valence-corrected chi connectivity index (χ0v) is 10.5. The molecule has 1 aromatic carbocycles. The minimum atomic E-state index is 0.145. The van der Waals surface area contributed by atoms with Crippen molar-refractivity contribution in [2.45, 2.75) is 37.1 Å². The minimum absolute atomic E-state index is 0.145. The molecule has 2 rings (SSSR count). The summed E-state index contributed by atoms with van der Waals surface area (Å²) in [6.45, 7) is 0.658. The van der Waals surface area contributed by atoms with Gasteiger partial charge in [-0.05, 0) is 18.4 Å². The van der Waals surface area contributed by atoms with Gasteiger partial charge in [0.1, 0.15) is 0 Å². The lowest BCUT2D eigenvalue weighted by Gasteiger charge is -2.37. The Hall–Kier alpha value is -0.900. The molecule has 3 nitrogen and oxygen atoms in total. The van der Waals surface area contributed by atoms with E-state index < -0.39 is 0 Å². The van der Waals surface area contributed by atoms with E-state index in [9.17, 15) is 0 Å². The maximum absolute atomic E-state index is 5.73. The number of ether oxygens (including phenoxy) is 1. The summed E-state index contributed by atoms with van der Waals surface area (Å²) in [6, 6.07) is 10.9. The number of methoxy groups -OCH3 is 1. The van der Waals surface area contributed by atoms with Crippen molar-refractivity contribution in [2.75, 3.05) is 13.7 Å². The Kier molecular flexibility index (Phi) is 4.15. The molecule has 0 heterocycles. The molecule has 17 heavy (non-hydrogen) atoms. The molecular formula is C14H22N2O. The Bertz CT molecular complexity index is 333. The van der Waals surface area contributed by atoms with Crippen molar-refractivity contribution in [1.82, 2.24) is 5.43 Å². The van der Waals surface area contributed by atoms with Crippen molar-refractivity contribution in [3.63, 3.8) is 0 Å². The molecule has 0 bridgehead atoms. The van der Waals surface area contributed by atoms with E-state index in [2.05, 4.69) is 35.8 Å². The summed E-state index contributed by atoms with van der Waals surface area (Å²) < 4.78 is 5.31. The minimum Gasteiger partial charge on any atom is -0.383 e. The maximum atomic E-state index is 5.73. The number of hydrazine groups is 1. The van der Waals surface area contributed by atoms with Gasteiger partial charge >= 0.3 is 0 Å². The highest BCUT2D eigenvalue weighted by Crippen LogP contribution is 2.43. The molecule has 94 valence electrons. The Labute approximate surface area is 103 Å². The lowest BCUT2D eigenvalue weighted by atomic mass is 9.73. The first-order valence-electron chi connectivity index (χ1n) is 6.34. The Balaban J connectivity index is 2.32. The molecule has 0 aromatic heterocycles. The fourth-order valence-corrected chi connectivity index (χ4v) is 3.15. The summed E-state index contributed by atoms with van der Waals surface area (Å²) in [7, 11) is 1.73. The first kappa shape index (κ1) is 12.6. The molecule has 1 unspecified atom stereocenters. The van der Waals surface area contributed by atoms with Gasteiger partial charge < -0.3 is 4.74 Å². The van der Waals surface area contributed by atoms with Gasteiger partial charge in [0.2, 0.25) is 0 Å². The zero-order valence-electron chi connectivity index (χ0n) is 10.5. The van der Waals surface area contributed by atoms with Crippen LogP contribution in [-0.4, -0.2) is 19.8 Å². The highest BCUT2D eigenvalue weighted by atomic mass is 16.5. The van der Waals surface area contributed by atoms with Crippen LogP contribution in [-0.2, 0) is 10.2 Å². The fourth-order valence-electron chi connectivity index (χ4n) is 3.15. The number of hydrogen-bond donors (Lipinski definition) is 2. The molecule has 3 heteroatoms. The summed E-state index contributed by atoms with van der Waals surface area (Å²) in [5, 5.41) is 0. The van der Waals surface area contributed by atoms with Crippen molar-refractivity contribution >= 4 is 0 Å². The molecule has 1 aliphatic rings. The molecule has 1 aliphatic carbocycles. The fraction of sp³-hybridized carbons (Fsp3) is 0.571. The third-order valence-electron chi connectivity index (χ3n) is 4.05. The maximum Gasteiger partial charge on any atom is 0.0638 e. The highest BCUT2D eigenvalue weighted by molar-refractivity contribution is 5.29. The second kappa shape index (κ2) is 5.63. The van der Waals surface area contributed by atoms with Gasteiger partial charge in [-0.3, -0.25) is 11.3 Å². The van der Waals surface area contributed by atoms with E-state index in [1.165, 1.54) is 31.2 Å². The van der Waals surface area contributed by atoms with E-state index in [1.807, 2.05) is 0 Å². The quantitative estimate of drug-likeness (QED) is 0.605. The number of nitrogens with two attached hydrogens (primary N) is 1. The van der Waals surface area contributed by atoms with Crippen LogP contribution < -0.4 is 11.3 Å². The van der Waals surface area contributed by atoms with Crippen LogP contribution in [0.1, 0.15) is 31.2 Å². The van der Waals surface area contributed by atoms with Crippen LogP contribution in [0.15, 0.2) is 30.3 Å². The standard InChI is InChI=1S/C14H22N2O/c1-17-11-13(16-15)14(9-5-6-10-14)12-7-3-2-4-8-12/h2-4,7-8,13,16H,5-6,9-11,15H2,1H3. The first-order valence-corrected chi connectivity index (χ1v) is 6.34. The molecule has 1 saturated carbocycles. The summed E-state index contributed by atoms with van der Waals surface area (Å²) in [4.78, 5) is 0. The van der Waals surface area contributed by atoms with Crippen LogP contribution in [0, 0.1) is 0 Å². The average molecular weight is 234 g/mol. The van der Waals surface area contributed by atoms with Crippen LogP contribution in [0.5, 0.6) is 0 Å². The van der Waals surface area contributed by atoms with Crippen LogP contribution in [0.3, 0.4) is 0 Å². The van der Waals surface area contributed by atoms with Gasteiger partial charge in [-0.15, -0.1) is 0 Å². The van der Waals surface area contributed by atoms with Gasteiger partial charge in [0.25, 0.3) is 0 Å². The predicted molar refractivity (Wildman–Crippen MR) is 69.6 cm³/mol. The molecule has 0 aliphatic heterocycles. The average Bonchev–Trinajstić information content (AvgIpc) is 2.87. The van der Waals surface area contributed by atoms with Crippen LogP contribution in [0.25, 0.3) is 0 Å². The largest absolute Gasteiger partial charge is 0.383 e. The Morgan fingerprint density at radius 2 is 1.94 bits per heavy atom. The van der Waals surface area contributed by atoms with Crippen LogP contribution >= 0.6 is 0 Å². The summed E-state index contributed by atoms with van der Waals surface area (Å²) >= 11 is 0. The summed E-state index contributed by atoms with van der Waals surface area (Å²) in [6.07, 6.45) is 4.93. The Morgan fingerprint density at radius 1 is 1.29 bits per heavy atom.